The van der Waals surface area contributed by atoms with Crippen molar-refractivity contribution in [2.75, 3.05) is 31.6 Å². The molecule has 1 saturated carbocycles. The van der Waals surface area contributed by atoms with E-state index in [-0.39, 0.29) is 23.1 Å². The van der Waals surface area contributed by atoms with Crippen molar-refractivity contribution < 1.29 is 14.3 Å². The molecule has 1 aliphatic carbocycles. The number of carbonyl (C=O) groups excluding carboxylic acids is 2. The Morgan fingerprint density at radius 2 is 2.08 bits per heavy atom. The molecular formula is C18H24N2O3S. The minimum atomic E-state index is 0.0618. The molecule has 0 unspecified atom stereocenters. The van der Waals surface area contributed by atoms with Crippen molar-refractivity contribution >= 4 is 28.2 Å². The van der Waals surface area contributed by atoms with Gasteiger partial charge in [-0.15, -0.1) is 11.3 Å². The molecule has 1 aromatic heterocycles. The van der Waals surface area contributed by atoms with Gasteiger partial charge in [-0.05, 0) is 45.1 Å². The fourth-order valence-electron chi connectivity index (χ4n) is 3.77. The molecule has 1 spiro atoms. The number of nitrogens with one attached hydrogen (secondary N) is 1. The molecule has 1 atom stereocenters. The summed E-state index contributed by atoms with van der Waals surface area (Å²) in [5, 5.41) is 3.74. The van der Waals surface area contributed by atoms with Gasteiger partial charge in [0.05, 0.1) is 12.2 Å². The summed E-state index contributed by atoms with van der Waals surface area (Å²) in [5.41, 5.74) is 1.86. The van der Waals surface area contributed by atoms with Gasteiger partial charge in [0.25, 0.3) is 5.91 Å². The maximum atomic E-state index is 13.1. The number of rotatable bonds is 3. The number of ether oxygens (including phenoxy) is 1. The second-order valence-corrected chi connectivity index (χ2v) is 8.75. The zero-order valence-corrected chi connectivity index (χ0v) is 15.1. The third-order valence-corrected chi connectivity index (χ3v) is 6.82. The Kier molecular flexibility index (Phi) is 3.92. The number of thiophene rings is 1. The molecule has 24 heavy (non-hydrogen) atoms. The van der Waals surface area contributed by atoms with Crippen LogP contribution in [0.4, 0.5) is 5.00 Å². The van der Waals surface area contributed by atoms with Crippen molar-refractivity contribution in [3.8, 4) is 0 Å². The van der Waals surface area contributed by atoms with Crippen molar-refractivity contribution in [2.24, 2.45) is 11.3 Å². The maximum absolute atomic E-state index is 13.1. The van der Waals surface area contributed by atoms with E-state index in [0.29, 0.717) is 5.56 Å². The quantitative estimate of drug-likeness (QED) is 0.914. The average Bonchev–Trinajstić information content (AvgIpc) is 3.09. The first-order valence-corrected chi connectivity index (χ1v) is 9.59. The van der Waals surface area contributed by atoms with Gasteiger partial charge in [-0.1, -0.05) is 0 Å². The van der Waals surface area contributed by atoms with Crippen LogP contribution in [0.25, 0.3) is 0 Å². The van der Waals surface area contributed by atoms with Crippen molar-refractivity contribution in [1.29, 1.82) is 0 Å². The summed E-state index contributed by atoms with van der Waals surface area (Å²) in [4.78, 5) is 28.4. The van der Waals surface area contributed by atoms with Crippen molar-refractivity contribution in [1.82, 2.24) is 4.90 Å². The largest absolute Gasteiger partial charge is 0.381 e. The lowest BCUT2D eigenvalue weighted by Crippen LogP contribution is -2.33. The molecule has 4 rings (SSSR count). The van der Waals surface area contributed by atoms with Gasteiger partial charge in [0.1, 0.15) is 5.00 Å². The van der Waals surface area contributed by atoms with E-state index in [9.17, 15) is 9.59 Å². The molecule has 0 bridgehead atoms. The molecule has 130 valence electrons. The highest BCUT2D eigenvalue weighted by Gasteiger charge is 2.43. The Hall–Kier alpha value is -1.40. The van der Waals surface area contributed by atoms with E-state index in [2.05, 4.69) is 5.32 Å². The third-order valence-electron chi connectivity index (χ3n) is 5.69. The van der Waals surface area contributed by atoms with E-state index < -0.39 is 0 Å². The van der Waals surface area contributed by atoms with Gasteiger partial charge in [-0.3, -0.25) is 9.59 Å². The smallest absolute Gasteiger partial charge is 0.257 e. The van der Waals surface area contributed by atoms with E-state index >= 15 is 0 Å². The van der Waals surface area contributed by atoms with E-state index in [1.54, 1.807) is 0 Å². The first-order chi connectivity index (χ1) is 11.5. The van der Waals surface area contributed by atoms with Crippen LogP contribution in [-0.2, 0) is 9.53 Å². The van der Waals surface area contributed by atoms with Crippen LogP contribution in [0.1, 0.15) is 46.5 Å². The number of amides is 2. The highest BCUT2D eigenvalue weighted by atomic mass is 32.1. The molecule has 5 nitrogen and oxygen atoms in total. The summed E-state index contributed by atoms with van der Waals surface area (Å²) in [6.45, 7) is 7.13. The van der Waals surface area contributed by atoms with Crippen molar-refractivity contribution in [3.63, 3.8) is 0 Å². The highest BCUT2D eigenvalue weighted by Crippen LogP contribution is 2.41. The van der Waals surface area contributed by atoms with Crippen LogP contribution < -0.4 is 5.32 Å². The van der Waals surface area contributed by atoms with E-state index in [1.807, 2.05) is 18.7 Å². The third kappa shape index (κ3) is 2.75. The molecule has 0 aromatic carbocycles. The average molecular weight is 348 g/mol. The fourth-order valence-corrected chi connectivity index (χ4v) is 4.83. The Morgan fingerprint density at radius 1 is 1.29 bits per heavy atom. The van der Waals surface area contributed by atoms with Crippen LogP contribution in [0.2, 0.25) is 0 Å². The Balaban J connectivity index is 1.56. The summed E-state index contributed by atoms with van der Waals surface area (Å²) in [7, 11) is 0. The zero-order chi connectivity index (χ0) is 16.9. The van der Waals surface area contributed by atoms with E-state index in [4.69, 9.17) is 4.74 Å². The molecule has 2 amide bonds. The normalized spacial score (nSPS) is 26.3. The number of hydrogen-bond donors (Lipinski definition) is 1. The minimum absolute atomic E-state index is 0.0618. The number of anilines is 1. The van der Waals surface area contributed by atoms with Gasteiger partial charge in [-0.25, -0.2) is 0 Å². The lowest BCUT2D eigenvalue weighted by molar-refractivity contribution is -0.117. The highest BCUT2D eigenvalue weighted by molar-refractivity contribution is 7.16. The van der Waals surface area contributed by atoms with Crippen LogP contribution >= 0.6 is 11.3 Å². The second kappa shape index (κ2) is 5.85. The van der Waals surface area contributed by atoms with Gasteiger partial charge in [0, 0.05) is 35.9 Å². The zero-order valence-electron chi connectivity index (χ0n) is 14.3. The summed E-state index contributed by atoms with van der Waals surface area (Å²) < 4.78 is 5.56. The maximum Gasteiger partial charge on any atom is 0.257 e. The number of likely N-dealkylation sites (tertiary alicyclic amines) is 1. The van der Waals surface area contributed by atoms with Gasteiger partial charge in [0.2, 0.25) is 5.91 Å². The van der Waals surface area contributed by atoms with Crippen LogP contribution in [0.15, 0.2) is 0 Å². The second-order valence-electron chi connectivity index (χ2n) is 7.53. The summed E-state index contributed by atoms with van der Waals surface area (Å²) >= 11 is 1.52. The molecular weight excluding hydrogens is 324 g/mol. The molecule has 2 aliphatic heterocycles. The van der Waals surface area contributed by atoms with Crippen LogP contribution in [0.5, 0.6) is 0 Å². The standard InChI is InChI=1S/C18H24N2O3S/c1-11-12(2)24-16(19-15(21)13-3-4-13)14(11)17(22)20-7-5-18(9-20)6-8-23-10-18/h13H,3-10H2,1-2H3,(H,19,21)/t18-/m1/s1. The van der Waals surface area contributed by atoms with Crippen LogP contribution in [0.3, 0.4) is 0 Å². The summed E-state index contributed by atoms with van der Waals surface area (Å²) in [5.74, 6) is 0.264. The van der Waals surface area contributed by atoms with Crippen molar-refractivity contribution in [3.05, 3.63) is 16.0 Å². The molecule has 3 aliphatic rings. The lowest BCUT2D eigenvalue weighted by Gasteiger charge is -2.22. The Morgan fingerprint density at radius 3 is 2.75 bits per heavy atom. The SMILES string of the molecule is Cc1sc(NC(=O)C2CC2)c(C(=O)N2CC[C@@]3(CCOC3)C2)c1C. The molecule has 6 heteroatoms. The van der Waals surface area contributed by atoms with Crippen molar-refractivity contribution in [2.45, 2.75) is 39.5 Å². The van der Waals surface area contributed by atoms with Crippen LogP contribution in [0, 0.1) is 25.2 Å². The van der Waals surface area contributed by atoms with E-state index in [1.165, 1.54) is 11.3 Å². The Bertz CT molecular complexity index is 687. The summed E-state index contributed by atoms with van der Waals surface area (Å²) in [6, 6.07) is 0. The predicted molar refractivity (Wildman–Crippen MR) is 93.5 cm³/mol. The number of nitrogens with zero attached hydrogens (tertiary/aromatic N) is 1. The van der Waals surface area contributed by atoms with Crippen LogP contribution in [-0.4, -0.2) is 43.0 Å². The molecule has 2 saturated heterocycles. The van der Waals surface area contributed by atoms with Gasteiger partial charge in [-0.2, -0.15) is 0 Å². The first-order valence-electron chi connectivity index (χ1n) is 8.77. The van der Waals surface area contributed by atoms with Gasteiger partial charge < -0.3 is 15.0 Å². The first kappa shape index (κ1) is 16.1. The molecule has 3 heterocycles. The van der Waals surface area contributed by atoms with E-state index in [0.717, 1.165) is 67.4 Å². The molecule has 0 radical (unpaired) electrons. The summed E-state index contributed by atoms with van der Waals surface area (Å²) in [6.07, 6.45) is 3.99. The molecule has 1 N–H and O–H groups in total. The van der Waals surface area contributed by atoms with Gasteiger partial charge >= 0.3 is 0 Å². The number of aryl methyl sites for hydroxylation is 1. The Labute approximate surface area is 146 Å². The molecule has 3 fully saturated rings. The predicted octanol–water partition coefficient (Wildman–Crippen LogP) is 2.97. The topological polar surface area (TPSA) is 58.6 Å². The van der Waals surface area contributed by atoms with Gasteiger partial charge in [0.15, 0.2) is 0 Å². The number of hydrogen-bond acceptors (Lipinski definition) is 4. The minimum Gasteiger partial charge on any atom is -0.381 e. The molecule has 1 aromatic rings. The fraction of sp³-hybridized carbons (Fsp3) is 0.667. The number of carbonyl (C=O) groups is 2. The lowest BCUT2D eigenvalue weighted by atomic mass is 9.87. The monoisotopic (exact) mass is 348 g/mol.